The van der Waals surface area contributed by atoms with Crippen LogP contribution >= 0.6 is 0 Å². The Morgan fingerprint density at radius 2 is 1.86 bits per heavy atom. The molecule has 118 valence electrons. The topological polar surface area (TPSA) is 52.6 Å². The summed E-state index contributed by atoms with van der Waals surface area (Å²) in [6, 6.07) is 11.0. The molecule has 0 aliphatic rings. The number of phenols is 1. The second-order valence-corrected chi connectivity index (χ2v) is 6.77. The van der Waals surface area contributed by atoms with Crippen LogP contribution in [-0.4, -0.2) is 43.1 Å². The molecular weight excluding hydrogens is 276 g/mol. The fraction of sp³-hybridized carbons (Fsp3) is 0.389. The van der Waals surface area contributed by atoms with Crippen LogP contribution in [0.3, 0.4) is 0 Å². The van der Waals surface area contributed by atoms with Crippen LogP contribution in [0.4, 0.5) is 0 Å². The number of aromatic hydroxyl groups is 1. The van der Waals surface area contributed by atoms with Gasteiger partial charge in [0.15, 0.2) is 0 Å². The minimum absolute atomic E-state index is 0.0361. The Morgan fingerprint density at radius 1 is 1.18 bits per heavy atom. The minimum Gasteiger partial charge on any atom is -0.506 e. The van der Waals surface area contributed by atoms with E-state index in [2.05, 4.69) is 24.1 Å². The highest BCUT2D eigenvalue weighted by atomic mass is 16.3. The monoisotopic (exact) mass is 300 g/mol. The van der Waals surface area contributed by atoms with Crippen LogP contribution in [-0.2, 0) is 0 Å². The summed E-state index contributed by atoms with van der Waals surface area (Å²) in [6.07, 6.45) is 0. The first-order chi connectivity index (χ1) is 10.3. The fourth-order valence-electron chi connectivity index (χ4n) is 2.77. The molecule has 4 heteroatoms. The number of carbonyl (C=O) groups excluding carboxylic acids is 1. The van der Waals surface area contributed by atoms with Crippen LogP contribution < -0.4 is 5.32 Å². The van der Waals surface area contributed by atoms with E-state index in [1.807, 2.05) is 44.4 Å². The van der Waals surface area contributed by atoms with Crippen molar-refractivity contribution in [1.82, 2.24) is 10.2 Å². The van der Waals surface area contributed by atoms with Gasteiger partial charge < -0.3 is 15.3 Å². The van der Waals surface area contributed by atoms with Crippen molar-refractivity contribution in [1.29, 1.82) is 0 Å². The first-order valence-electron chi connectivity index (χ1n) is 7.44. The van der Waals surface area contributed by atoms with Crippen molar-refractivity contribution in [2.24, 2.45) is 5.41 Å². The third kappa shape index (κ3) is 3.77. The lowest BCUT2D eigenvalue weighted by Gasteiger charge is -2.28. The summed E-state index contributed by atoms with van der Waals surface area (Å²) in [4.78, 5) is 14.5. The summed E-state index contributed by atoms with van der Waals surface area (Å²) in [5.41, 5.74) is 0.283. The van der Waals surface area contributed by atoms with Crippen molar-refractivity contribution in [2.45, 2.75) is 13.8 Å². The van der Waals surface area contributed by atoms with E-state index in [0.717, 1.165) is 11.9 Å². The average molecular weight is 300 g/mol. The molecule has 0 aromatic heterocycles. The van der Waals surface area contributed by atoms with Gasteiger partial charge in [-0.1, -0.05) is 44.2 Å². The Kier molecular flexibility index (Phi) is 4.71. The van der Waals surface area contributed by atoms with Crippen LogP contribution in [0.15, 0.2) is 36.4 Å². The van der Waals surface area contributed by atoms with Crippen LogP contribution in [0.5, 0.6) is 5.75 Å². The summed E-state index contributed by atoms with van der Waals surface area (Å²) in [5, 5.41) is 14.9. The van der Waals surface area contributed by atoms with E-state index < -0.39 is 0 Å². The van der Waals surface area contributed by atoms with E-state index >= 15 is 0 Å². The molecule has 2 rings (SSSR count). The number of hydrogen-bond acceptors (Lipinski definition) is 3. The van der Waals surface area contributed by atoms with Gasteiger partial charge in [0.25, 0.3) is 5.91 Å². The van der Waals surface area contributed by atoms with Crippen molar-refractivity contribution in [3.05, 3.63) is 42.0 Å². The maximum atomic E-state index is 12.4. The molecule has 2 aromatic carbocycles. The van der Waals surface area contributed by atoms with Crippen molar-refractivity contribution >= 4 is 16.7 Å². The standard InChI is InChI=1S/C18H24N2O2/c1-18(2,12-20(3)4)11-19-17(22)15-10-9-13-7-5-6-8-14(13)16(15)21/h5-10,21H,11-12H2,1-4H3,(H,19,22). The highest BCUT2D eigenvalue weighted by Gasteiger charge is 2.21. The number of nitrogens with zero attached hydrogens (tertiary/aromatic N) is 1. The van der Waals surface area contributed by atoms with Gasteiger partial charge in [0.05, 0.1) is 5.56 Å². The third-order valence-corrected chi connectivity index (χ3v) is 3.62. The number of benzene rings is 2. The molecule has 2 N–H and O–H groups in total. The van der Waals surface area contributed by atoms with Gasteiger partial charge in [-0.2, -0.15) is 0 Å². The summed E-state index contributed by atoms with van der Waals surface area (Å²) >= 11 is 0. The molecule has 22 heavy (non-hydrogen) atoms. The van der Waals surface area contributed by atoms with Gasteiger partial charge in [-0.3, -0.25) is 4.79 Å². The molecule has 1 amide bonds. The Bertz CT molecular complexity index is 678. The molecule has 0 spiro atoms. The van der Waals surface area contributed by atoms with E-state index in [1.54, 1.807) is 6.07 Å². The Labute approximate surface area is 131 Å². The highest BCUT2D eigenvalue weighted by Crippen LogP contribution is 2.28. The highest BCUT2D eigenvalue weighted by molar-refractivity contribution is 6.03. The molecule has 0 bridgehead atoms. The van der Waals surface area contributed by atoms with Gasteiger partial charge in [0.1, 0.15) is 5.75 Å². The molecule has 2 aromatic rings. The molecule has 0 unspecified atom stereocenters. The number of carbonyl (C=O) groups is 1. The zero-order valence-corrected chi connectivity index (χ0v) is 13.7. The second-order valence-electron chi connectivity index (χ2n) is 6.77. The van der Waals surface area contributed by atoms with Crippen molar-refractivity contribution in [3.63, 3.8) is 0 Å². The lowest BCUT2D eigenvalue weighted by atomic mass is 9.92. The summed E-state index contributed by atoms with van der Waals surface area (Å²) in [5.74, 6) is -0.198. The molecule has 0 saturated heterocycles. The lowest BCUT2D eigenvalue weighted by Crippen LogP contribution is -2.40. The first-order valence-corrected chi connectivity index (χ1v) is 7.44. The van der Waals surface area contributed by atoms with E-state index in [0.29, 0.717) is 17.5 Å². The number of phenolic OH excluding ortho intramolecular Hbond substituents is 1. The van der Waals surface area contributed by atoms with Gasteiger partial charge in [0, 0.05) is 18.5 Å². The zero-order chi connectivity index (χ0) is 16.3. The van der Waals surface area contributed by atoms with Crippen molar-refractivity contribution in [3.8, 4) is 5.75 Å². The summed E-state index contributed by atoms with van der Waals surface area (Å²) in [7, 11) is 4.03. The molecule has 0 heterocycles. The SMILES string of the molecule is CN(C)CC(C)(C)CNC(=O)c1ccc2ccccc2c1O. The lowest BCUT2D eigenvalue weighted by molar-refractivity contribution is 0.0927. The van der Waals surface area contributed by atoms with Crippen molar-refractivity contribution < 1.29 is 9.90 Å². The summed E-state index contributed by atoms with van der Waals surface area (Å²) in [6.45, 7) is 5.63. The van der Waals surface area contributed by atoms with Crippen LogP contribution in [0.1, 0.15) is 24.2 Å². The smallest absolute Gasteiger partial charge is 0.255 e. The first kappa shape index (κ1) is 16.3. The van der Waals surface area contributed by atoms with Crippen molar-refractivity contribution in [2.75, 3.05) is 27.2 Å². The summed E-state index contributed by atoms with van der Waals surface area (Å²) < 4.78 is 0. The largest absolute Gasteiger partial charge is 0.506 e. The maximum Gasteiger partial charge on any atom is 0.255 e. The molecule has 0 radical (unpaired) electrons. The minimum atomic E-state index is -0.241. The molecule has 4 nitrogen and oxygen atoms in total. The fourth-order valence-corrected chi connectivity index (χ4v) is 2.77. The molecule has 0 fully saturated rings. The second kappa shape index (κ2) is 6.36. The molecule has 0 saturated carbocycles. The molecule has 0 atom stereocenters. The van der Waals surface area contributed by atoms with Crippen LogP contribution in [0.25, 0.3) is 10.8 Å². The predicted octanol–water partition coefficient (Wildman–Crippen LogP) is 2.86. The van der Waals surface area contributed by atoms with E-state index in [1.165, 1.54) is 0 Å². The van der Waals surface area contributed by atoms with E-state index in [4.69, 9.17) is 0 Å². The van der Waals surface area contributed by atoms with Gasteiger partial charge in [-0.15, -0.1) is 0 Å². The normalized spacial score (nSPS) is 11.9. The maximum absolute atomic E-state index is 12.4. The molecular formula is C18H24N2O2. The number of hydrogen-bond donors (Lipinski definition) is 2. The van der Waals surface area contributed by atoms with Gasteiger partial charge in [-0.05, 0) is 31.0 Å². The van der Waals surface area contributed by atoms with Crippen LogP contribution in [0.2, 0.25) is 0 Å². The predicted molar refractivity (Wildman–Crippen MR) is 90.3 cm³/mol. The third-order valence-electron chi connectivity index (χ3n) is 3.62. The average Bonchev–Trinajstić information content (AvgIpc) is 2.44. The van der Waals surface area contributed by atoms with Crippen LogP contribution in [0, 0.1) is 5.41 Å². The number of fused-ring (bicyclic) bond motifs is 1. The van der Waals surface area contributed by atoms with Gasteiger partial charge in [-0.25, -0.2) is 0 Å². The van der Waals surface area contributed by atoms with Gasteiger partial charge in [0.2, 0.25) is 0 Å². The Balaban J connectivity index is 2.15. The zero-order valence-electron chi connectivity index (χ0n) is 13.7. The Hall–Kier alpha value is -2.07. The number of amides is 1. The van der Waals surface area contributed by atoms with Gasteiger partial charge >= 0.3 is 0 Å². The Morgan fingerprint density at radius 3 is 2.55 bits per heavy atom. The molecule has 0 aliphatic carbocycles. The van der Waals surface area contributed by atoms with E-state index in [-0.39, 0.29) is 17.1 Å². The molecule has 0 aliphatic heterocycles. The number of rotatable bonds is 5. The quantitative estimate of drug-likeness (QED) is 0.893. The number of nitrogens with one attached hydrogen (secondary N) is 1. The van der Waals surface area contributed by atoms with E-state index in [9.17, 15) is 9.90 Å².